The first-order valence-corrected chi connectivity index (χ1v) is 25.0. The first-order chi connectivity index (χ1) is 33.4. The second kappa shape index (κ2) is 19.2. The van der Waals surface area contributed by atoms with E-state index >= 15 is 0 Å². The van der Waals surface area contributed by atoms with Crippen LogP contribution < -0.4 is 35.9 Å². The lowest BCUT2D eigenvalue weighted by molar-refractivity contribution is -0.141. The summed E-state index contributed by atoms with van der Waals surface area (Å²) in [5, 5.41) is 33.9. The molecule has 4 bridgehead atoms. The molecule has 2 aliphatic carbocycles. The van der Waals surface area contributed by atoms with Crippen molar-refractivity contribution in [2.75, 3.05) is 38.7 Å². The molecule has 7 unspecified atom stereocenters. The fourth-order valence-electron chi connectivity index (χ4n) is 12.3. The van der Waals surface area contributed by atoms with Crippen molar-refractivity contribution in [2.45, 2.75) is 109 Å². The van der Waals surface area contributed by atoms with Crippen LogP contribution in [0.25, 0.3) is 17.2 Å². The fraction of sp³-hybridized carbons (Fsp3) is 0.431. The molecule has 0 aromatic heterocycles. The van der Waals surface area contributed by atoms with Crippen LogP contribution in [0.1, 0.15) is 111 Å². The summed E-state index contributed by atoms with van der Waals surface area (Å²) in [6, 6.07) is 18.2. The second-order valence-electron chi connectivity index (χ2n) is 20.3. The van der Waals surface area contributed by atoms with Gasteiger partial charge in [-0.1, -0.05) is 68.3 Å². The van der Waals surface area contributed by atoms with Crippen LogP contribution in [0.15, 0.2) is 84.1 Å². The van der Waals surface area contributed by atoms with Gasteiger partial charge in [-0.3, -0.25) is 4.79 Å². The Morgan fingerprint density at radius 2 is 1.91 bits per heavy atom. The van der Waals surface area contributed by atoms with Crippen LogP contribution in [0.4, 0.5) is 5.69 Å². The third kappa shape index (κ3) is 8.83. The molecule has 4 heterocycles. The second-order valence-corrected chi connectivity index (χ2v) is 20.3. The highest BCUT2D eigenvalue weighted by molar-refractivity contribution is 5.84. The maximum atomic E-state index is 12.7. The van der Waals surface area contributed by atoms with E-state index in [0.29, 0.717) is 30.4 Å². The SMILES string of the molecule is CCNc1ccccc1CCC1C2=C(C#CCc3cc(O)c4c(c3C3Oc5c(ccc6c5C5(CCC1C5)Cc1cc(O)cc(OC)c1-6)C3COC(C)=O)C=CC(NCCC(C)C)CO4)NC(N)C=C2. The molecule has 1 saturated carbocycles. The van der Waals surface area contributed by atoms with Gasteiger partial charge in [0.25, 0.3) is 0 Å². The minimum Gasteiger partial charge on any atom is -0.508 e. The summed E-state index contributed by atoms with van der Waals surface area (Å²) in [5.74, 6) is 9.28. The van der Waals surface area contributed by atoms with E-state index in [1.165, 1.54) is 12.5 Å². The molecule has 4 aromatic carbocycles. The summed E-state index contributed by atoms with van der Waals surface area (Å²) < 4.78 is 26.2. The molecule has 7 atom stereocenters. The van der Waals surface area contributed by atoms with Crippen molar-refractivity contribution in [3.05, 3.63) is 123 Å². The minimum atomic E-state index is -0.637. The fourth-order valence-corrected chi connectivity index (χ4v) is 12.3. The van der Waals surface area contributed by atoms with Crippen molar-refractivity contribution in [1.29, 1.82) is 0 Å². The molecule has 7 N–H and O–H groups in total. The van der Waals surface area contributed by atoms with Crippen LogP contribution in [0.2, 0.25) is 0 Å². The van der Waals surface area contributed by atoms with Crippen molar-refractivity contribution in [2.24, 2.45) is 23.5 Å². The highest BCUT2D eigenvalue weighted by atomic mass is 16.5. The third-order valence-electron chi connectivity index (χ3n) is 15.4. The van der Waals surface area contributed by atoms with Gasteiger partial charge in [0.05, 0.1) is 30.9 Å². The zero-order chi connectivity index (χ0) is 48.0. The molecule has 6 aliphatic rings. The van der Waals surface area contributed by atoms with Gasteiger partial charge in [-0.05, 0) is 134 Å². The highest BCUT2D eigenvalue weighted by Crippen LogP contribution is 2.64. The Hall–Kier alpha value is -6.35. The average Bonchev–Trinajstić information content (AvgIpc) is 3.83. The van der Waals surface area contributed by atoms with Gasteiger partial charge in [-0.25, -0.2) is 0 Å². The summed E-state index contributed by atoms with van der Waals surface area (Å²) in [7, 11) is 1.66. The zero-order valence-corrected chi connectivity index (χ0v) is 40.5. The van der Waals surface area contributed by atoms with Crippen LogP contribution >= 0.6 is 0 Å². The summed E-state index contributed by atoms with van der Waals surface area (Å²) in [5.41, 5.74) is 18.2. The number of carbonyl (C=O) groups excluding carboxylic acids is 1. The van der Waals surface area contributed by atoms with E-state index in [-0.39, 0.29) is 53.8 Å². The number of phenolic OH excluding ortho intramolecular Hbond substituents is 2. The number of benzene rings is 4. The highest BCUT2D eigenvalue weighted by Gasteiger charge is 2.52. The van der Waals surface area contributed by atoms with Gasteiger partial charge >= 0.3 is 5.97 Å². The molecule has 0 radical (unpaired) electrons. The largest absolute Gasteiger partial charge is 0.508 e. The van der Waals surface area contributed by atoms with E-state index in [2.05, 4.69) is 103 Å². The maximum absolute atomic E-state index is 12.7. The first kappa shape index (κ1) is 46.4. The number of ether oxygens (including phenoxy) is 4. The third-order valence-corrected chi connectivity index (χ3v) is 15.4. The molecular weight excluding hydrogens is 865 g/mol. The number of hydrogen-bond acceptors (Lipinski definition) is 11. The Balaban J connectivity index is 1.20. The Bertz CT molecular complexity index is 2820. The Kier molecular flexibility index (Phi) is 12.9. The van der Waals surface area contributed by atoms with Crippen LogP contribution in [0.5, 0.6) is 28.7 Å². The topological polar surface area (TPSA) is 157 Å². The number of esters is 1. The van der Waals surface area contributed by atoms with E-state index < -0.39 is 18.2 Å². The normalized spacial score (nSPS) is 24.7. The number of aryl methyl sites for hydroxylation is 1. The summed E-state index contributed by atoms with van der Waals surface area (Å²) in [6.45, 7) is 10.1. The first-order valence-electron chi connectivity index (χ1n) is 25.0. The standard InChI is InChI=1S/C58H66N4O7/c1-6-60-47-12-8-7-10-35(47)14-16-41-37-22-24-58(29-37)30-38-26-40(64)28-50(66-5)52(38)44-19-18-43-46(32-67-34(4)63)56(69-57(43)54(44)58)53-36(11-9-13-48-42(41)20-21-51(59)62-48)27-49(65)55-45(53)17-15-39(31-68-55)61-25-23-33(2)3/h7-8,10,12,15,17-21,26-28,33,37,39,41,46,51,56,60-62,64-65H,6,11,14,16,22-25,29-32,59H2,1-5H3. The van der Waals surface area contributed by atoms with Gasteiger partial charge in [-0.15, -0.1) is 0 Å². The van der Waals surface area contributed by atoms with Gasteiger partial charge in [0, 0.05) is 64.9 Å². The number of phenols is 2. The Morgan fingerprint density at radius 3 is 2.72 bits per heavy atom. The van der Waals surface area contributed by atoms with Gasteiger partial charge < -0.3 is 50.8 Å². The molecule has 4 aliphatic heterocycles. The average molecular weight is 931 g/mol. The van der Waals surface area contributed by atoms with Crippen molar-refractivity contribution in [1.82, 2.24) is 10.6 Å². The van der Waals surface area contributed by atoms with Crippen molar-refractivity contribution in [3.8, 4) is 51.7 Å². The molecule has 69 heavy (non-hydrogen) atoms. The van der Waals surface area contributed by atoms with E-state index in [1.807, 2.05) is 12.1 Å². The number of anilines is 1. The predicted octanol–water partition coefficient (Wildman–Crippen LogP) is 9.50. The smallest absolute Gasteiger partial charge is 0.302 e. The number of allylic oxidation sites excluding steroid dienone is 3. The number of nitrogens with one attached hydrogen (secondary N) is 3. The quantitative estimate of drug-likeness (QED) is 0.0595. The molecular formula is C58H66N4O7. The van der Waals surface area contributed by atoms with Gasteiger partial charge in [-0.2, -0.15) is 0 Å². The van der Waals surface area contributed by atoms with Crippen LogP contribution in [-0.2, 0) is 34.2 Å². The monoisotopic (exact) mass is 930 g/mol. The van der Waals surface area contributed by atoms with E-state index in [9.17, 15) is 15.0 Å². The Labute approximate surface area is 406 Å². The molecule has 11 heteroatoms. The van der Waals surface area contributed by atoms with E-state index in [4.69, 9.17) is 24.7 Å². The van der Waals surface area contributed by atoms with Gasteiger partial charge in [0.1, 0.15) is 36.6 Å². The molecule has 360 valence electrons. The van der Waals surface area contributed by atoms with Crippen molar-refractivity contribution >= 4 is 17.7 Å². The van der Waals surface area contributed by atoms with Gasteiger partial charge in [0.15, 0.2) is 11.5 Å². The van der Waals surface area contributed by atoms with Crippen LogP contribution in [0, 0.1) is 29.6 Å². The lowest BCUT2D eigenvalue weighted by Crippen LogP contribution is -2.38. The number of methoxy groups -OCH3 is 1. The number of para-hydroxylation sites is 1. The predicted molar refractivity (Wildman–Crippen MR) is 271 cm³/mol. The van der Waals surface area contributed by atoms with Crippen molar-refractivity contribution in [3.63, 3.8) is 0 Å². The molecule has 10 rings (SSSR count). The number of dihydropyridines is 1. The lowest BCUT2D eigenvalue weighted by Gasteiger charge is -2.40. The lowest BCUT2D eigenvalue weighted by atomic mass is 9.64. The summed E-state index contributed by atoms with van der Waals surface area (Å²) in [6.07, 6.45) is 13.8. The Morgan fingerprint density at radius 1 is 1.06 bits per heavy atom. The molecule has 1 spiro atoms. The molecule has 4 aromatic rings. The number of hydrogen-bond donors (Lipinski definition) is 6. The number of aromatic hydroxyl groups is 2. The van der Waals surface area contributed by atoms with E-state index in [0.717, 1.165) is 119 Å². The van der Waals surface area contributed by atoms with Crippen LogP contribution in [0.3, 0.4) is 0 Å². The van der Waals surface area contributed by atoms with Gasteiger partial charge in [0.2, 0.25) is 0 Å². The summed E-state index contributed by atoms with van der Waals surface area (Å²) >= 11 is 0. The number of rotatable bonds is 12. The zero-order valence-electron chi connectivity index (χ0n) is 40.5. The number of carbonyl (C=O) groups is 1. The van der Waals surface area contributed by atoms with Crippen LogP contribution in [-0.4, -0.2) is 61.8 Å². The molecule has 1 fully saturated rings. The minimum absolute atomic E-state index is 0.0298. The number of fused-ring (bicyclic) bond motifs is 8. The maximum Gasteiger partial charge on any atom is 0.302 e. The van der Waals surface area contributed by atoms with E-state index in [1.54, 1.807) is 19.2 Å². The number of nitrogens with two attached hydrogens (primary N) is 1. The molecule has 11 nitrogen and oxygen atoms in total. The summed E-state index contributed by atoms with van der Waals surface area (Å²) in [4.78, 5) is 12.7. The molecule has 0 amide bonds. The van der Waals surface area contributed by atoms with Crippen molar-refractivity contribution < 1.29 is 34.0 Å². The molecule has 0 saturated heterocycles.